The fourth-order valence-corrected chi connectivity index (χ4v) is 4.19. The Morgan fingerprint density at radius 1 is 0.929 bits per heavy atom. The van der Waals surface area contributed by atoms with E-state index in [4.69, 9.17) is 4.74 Å². The number of hydrogen-bond donors (Lipinski definition) is 0. The summed E-state index contributed by atoms with van der Waals surface area (Å²) in [5.41, 5.74) is 1.17. The van der Waals surface area contributed by atoms with Crippen LogP contribution in [-0.2, 0) is 9.59 Å². The van der Waals surface area contributed by atoms with E-state index < -0.39 is 6.10 Å². The molecule has 2 fully saturated rings. The number of nitrogens with zero attached hydrogens (tertiary/aromatic N) is 1. The zero-order valence-electron chi connectivity index (χ0n) is 15.8. The number of benzene rings is 2. The lowest BCUT2D eigenvalue weighted by molar-refractivity contribution is -0.122. The molecule has 1 saturated carbocycles. The highest BCUT2D eigenvalue weighted by Gasteiger charge is 2.48. The molecule has 2 amide bonds. The van der Waals surface area contributed by atoms with Gasteiger partial charge in [-0.15, -0.1) is 0 Å². The lowest BCUT2D eigenvalue weighted by Gasteiger charge is -2.19. The van der Waals surface area contributed by atoms with Crippen molar-refractivity contribution in [1.82, 2.24) is 0 Å². The van der Waals surface area contributed by atoms with Crippen LogP contribution in [0.3, 0.4) is 0 Å². The lowest BCUT2D eigenvalue weighted by atomic mass is 9.81. The van der Waals surface area contributed by atoms with Crippen molar-refractivity contribution >= 4 is 23.3 Å². The number of fused-ring (bicyclic) bond motifs is 1. The summed E-state index contributed by atoms with van der Waals surface area (Å²) >= 11 is 0. The van der Waals surface area contributed by atoms with Crippen molar-refractivity contribution in [3.05, 3.63) is 60.2 Å². The Bertz CT molecular complexity index is 867. The molecule has 2 aliphatic rings. The van der Waals surface area contributed by atoms with E-state index in [1.54, 1.807) is 43.3 Å². The highest BCUT2D eigenvalue weighted by atomic mass is 16.5. The number of hydrogen-bond acceptors (Lipinski definition) is 4. The molecular formula is C23H23NO4. The summed E-state index contributed by atoms with van der Waals surface area (Å²) < 4.78 is 5.76. The number of carbonyl (C=O) groups is 3. The number of imide groups is 1. The van der Waals surface area contributed by atoms with Crippen LogP contribution in [0.25, 0.3) is 0 Å². The first-order valence-corrected chi connectivity index (χ1v) is 9.80. The van der Waals surface area contributed by atoms with Crippen LogP contribution in [0.15, 0.2) is 54.6 Å². The molecule has 0 unspecified atom stereocenters. The fraction of sp³-hybridized carbons (Fsp3) is 0.348. The first kappa shape index (κ1) is 18.4. The SMILES string of the molecule is C[C@H](Oc1ccc(N2C(=O)[C@H]3CCCC[C@H]3C2=O)cc1)C(=O)c1ccccc1. The third-order valence-electron chi connectivity index (χ3n) is 5.68. The molecule has 2 aromatic rings. The Morgan fingerprint density at radius 2 is 1.50 bits per heavy atom. The zero-order valence-corrected chi connectivity index (χ0v) is 15.8. The summed E-state index contributed by atoms with van der Waals surface area (Å²) in [6, 6.07) is 15.8. The summed E-state index contributed by atoms with van der Waals surface area (Å²) in [5, 5.41) is 0. The van der Waals surface area contributed by atoms with Gasteiger partial charge in [0.1, 0.15) is 5.75 Å². The average molecular weight is 377 g/mol. The topological polar surface area (TPSA) is 63.7 Å². The van der Waals surface area contributed by atoms with Crippen LogP contribution in [0.2, 0.25) is 0 Å². The van der Waals surface area contributed by atoms with Gasteiger partial charge < -0.3 is 4.74 Å². The first-order valence-electron chi connectivity index (χ1n) is 9.80. The second kappa shape index (κ2) is 7.58. The number of Topliss-reactive ketones (excluding diaryl/α,β-unsaturated/α-hetero) is 1. The third-order valence-corrected chi connectivity index (χ3v) is 5.68. The van der Waals surface area contributed by atoms with Crippen LogP contribution in [0.5, 0.6) is 5.75 Å². The van der Waals surface area contributed by atoms with E-state index in [1.165, 1.54) is 4.90 Å². The minimum absolute atomic E-state index is 0.0870. The quantitative estimate of drug-likeness (QED) is 0.583. The highest BCUT2D eigenvalue weighted by Crippen LogP contribution is 2.40. The molecule has 1 aliphatic carbocycles. The number of anilines is 1. The molecule has 0 aromatic heterocycles. The second-order valence-electron chi connectivity index (χ2n) is 7.49. The second-order valence-corrected chi connectivity index (χ2v) is 7.49. The minimum atomic E-state index is -0.633. The molecular weight excluding hydrogens is 354 g/mol. The lowest BCUT2D eigenvalue weighted by Crippen LogP contribution is -2.30. The van der Waals surface area contributed by atoms with Gasteiger partial charge in [0.15, 0.2) is 6.10 Å². The van der Waals surface area contributed by atoms with Gasteiger partial charge in [-0.25, -0.2) is 0 Å². The van der Waals surface area contributed by atoms with Gasteiger partial charge in [0.2, 0.25) is 17.6 Å². The number of rotatable bonds is 5. The van der Waals surface area contributed by atoms with Gasteiger partial charge in [0, 0.05) is 5.56 Å². The standard InChI is InChI=1S/C23H23NO4/c1-15(21(25)16-7-3-2-4-8-16)28-18-13-11-17(12-14-18)24-22(26)19-9-5-6-10-20(19)23(24)27/h2-4,7-8,11-15,19-20H,5-6,9-10H2,1H3/t15-,19-,20+/m0/s1. The van der Waals surface area contributed by atoms with Gasteiger partial charge in [-0.2, -0.15) is 0 Å². The zero-order chi connectivity index (χ0) is 19.7. The average Bonchev–Trinajstić information content (AvgIpc) is 2.99. The van der Waals surface area contributed by atoms with E-state index in [0.717, 1.165) is 25.7 Å². The van der Waals surface area contributed by atoms with Crippen molar-refractivity contribution < 1.29 is 19.1 Å². The molecule has 1 heterocycles. The largest absolute Gasteiger partial charge is 0.483 e. The van der Waals surface area contributed by atoms with Crippen molar-refractivity contribution in [2.24, 2.45) is 11.8 Å². The monoisotopic (exact) mass is 377 g/mol. The number of amides is 2. The van der Waals surface area contributed by atoms with E-state index in [9.17, 15) is 14.4 Å². The normalized spacial score (nSPS) is 22.7. The molecule has 0 bridgehead atoms. The van der Waals surface area contributed by atoms with Crippen LogP contribution >= 0.6 is 0 Å². The van der Waals surface area contributed by atoms with Gasteiger partial charge in [0.25, 0.3) is 0 Å². The number of ketones is 1. The van der Waals surface area contributed by atoms with Gasteiger partial charge in [0.05, 0.1) is 17.5 Å². The first-order chi connectivity index (χ1) is 13.6. The van der Waals surface area contributed by atoms with E-state index in [2.05, 4.69) is 0 Å². The maximum atomic E-state index is 12.7. The Labute approximate surface area is 164 Å². The van der Waals surface area contributed by atoms with Crippen molar-refractivity contribution in [3.8, 4) is 5.75 Å². The molecule has 144 valence electrons. The van der Waals surface area contributed by atoms with Crippen LogP contribution in [0.1, 0.15) is 43.0 Å². The molecule has 28 heavy (non-hydrogen) atoms. The third kappa shape index (κ3) is 3.33. The molecule has 1 saturated heterocycles. The Morgan fingerprint density at radius 3 is 2.07 bits per heavy atom. The van der Waals surface area contributed by atoms with E-state index in [-0.39, 0.29) is 29.4 Å². The Balaban J connectivity index is 1.46. The number of carbonyl (C=O) groups excluding carboxylic acids is 3. The Kier molecular flexibility index (Phi) is 4.99. The number of ether oxygens (including phenoxy) is 1. The summed E-state index contributed by atoms with van der Waals surface area (Å²) in [6.07, 6.45) is 2.98. The molecule has 5 nitrogen and oxygen atoms in total. The predicted molar refractivity (Wildman–Crippen MR) is 105 cm³/mol. The molecule has 3 atom stereocenters. The molecule has 5 heteroatoms. The van der Waals surface area contributed by atoms with Crippen molar-refractivity contribution in [2.75, 3.05) is 4.90 Å². The summed E-state index contributed by atoms with van der Waals surface area (Å²) in [4.78, 5) is 39.1. The van der Waals surface area contributed by atoms with Crippen molar-refractivity contribution in [1.29, 1.82) is 0 Å². The van der Waals surface area contributed by atoms with E-state index >= 15 is 0 Å². The van der Waals surface area contributed by atoms with Gasteiger partial charge in [-0.05, 0) is 44.0 Å². The van der Waals surface area contributed by atoms with Crippen molar-refractivity contribution in [3.63, 3.8) is 0 Å². The van der Waals surface area contributed by atoms with Crippen LogP contribution < -0.4 is 9.64 Å². The maximum Gasteiger partial charge on any atom is 0.237 e. The summed E-state index contributed by atoms with van der Waals surface area (Å²) in [5.74, 6) is -0.0796. The van der Waals surface area contributed by atoms with Crippen LogP contribution in [0, 0.1) is 11.8 Å². The van der Waals surface area contributed by atoms with Gasteiger partial charge in [-0.3, -0.25) is 19.3 Å². The summed E-state index contributed by atoms with van der Waals surface area (Å²) in [6.45, 7) is 1.71. The smallest absolute Gasteiger partial charge is 0.237 e. The molecule has 4 rings (SSSR count). The fourth-order valence-electron chi connectivity index (χ4n) is 4.19. The summed E-state index contributed by atoms with van der Waals surface area (Å²) in [7, 11) is 0. The minimum Gasteiger partial charge on any atom is -0.483 e. The van der Waals surface area contributed by atoms with Gasteiger partial charge in [-0.1, -0.05) is 43.2 Å². The predicted octanol–water partition coefficient (Wildman–Crippen LogP) is 4.02. The molecule has 0 spiro atoms. The molecule has 2 aromatic carbocycles. The highest BCUT2D eigenvalue weighted by molar-refractivity contribution is 6.22. The molecule has 0 radical (unpaired) electrons. The van der Waals surface area contributed by atoms with Crippen LogP contribution in [0.4, 0.5) is 5.69 Å². The maximum absolute atomic E-state index is 12.7. The van der Waals surface area contributed by atoms with Crippen molar-refractivity contribution in [2.45, 2.75) is 38.7 Å². The van der Waals surface area contributed by atoms with E-state index in [1.807, 2.05) is 18.2 Å². The van der Waals surface area contributed by atoms with Gasteiger partial charge >= 0.3 is 0 Å². The molecule has 1 aliphatic heterocycles. The Hall–Kier alpha value is -2.95. The molecule has 0 N–H and O–H groups in total. The van der Waals surface area contributed by atoms with E-state index in [0.29, 0.717) is 17.0 Å². The van der Waals surface area contributed by atoms with Crippen LogP contribution in [-0.4, -0.2) is 23.7 Å².